The van der Waals surface area contributed by atoms with E-state index in [9.17, 15) is 14.7 Å². The van der Waals surface area contributed by atoms with Crippen LogP contribution in [-0.2, 0) is 11.2 Å². The first kappa shape index (κ1) is 15.0. The normalized spacial score (nSPS) is 11.7. The first-order valence-electron chi connectivity index (χ1n) is 6.24. The summed E-state index contributed by atoms with van der Waals surface area (Å²) in [7, 11) is 0. The lowest BCUT2D eigenvalue weighted by Gasteiger charge is -2.14. The number of nitrogens with one attached hydrogen (secondary N) is 1. The molecule has 2 aromatic rings. The summed E-state index contributed by atoms with van der Waals surface area (Å²) in [6.45, 7) is 0. The zero-order valence-corrected chi connectivity index (χ0v) is 11.7. The summed E-state index contributed by atoms with van der Waals surface area (Å²) >= 11 is 5.87. The number of halogens is 1. The topological polar surface area (TPSA) is 79.3 Å². The van der Waals surface area contributed by atoms with E-state index < -0.39 is 17.9 Å². The fourth-order valence-electron chi connectivity index (χ4n) is 1.84. The maximum atomic E-state index is 12.0. The number of carbonyl (C=O) groups is 2. The Kier molecular flexibility index (Phi) is 4.90. The molecule has 1 heterocycles. The summed E-state index contributed by atoms with van der Waals surface area (Å²) in [4.78, 5) is 27.1. The third kappa shape index (κ3) is 4.29. The molecule has 1 aromatic carbocycles. The van der Waals surface area contributed by atoms with E-state index in [4.69, 9.17) is 11.6 Å². The van der Waals surface area contributed by atoms with Crippen LogP contribution in [0.2, 0.25) is 5.02 Å². The van der Waals surface area contributed by atoms with Crippen LogP contribution in [0, 0.1) is 0 Å². The molecule has 1 amide bonds. The molecule has 2 N–H and O–H groups in total. The number of rotatable bonds is 5. The zero-order valence-electron chi connectivity index (χ0n) is 11.0. The SMILES string of the molecule is O=C(N[C@H](Cc1cccc(Cl)c1)C(=O)O)c1cccnc1. The molecule has 0 unspecified atom stereocenters. The molecule has 0 saturated heterocycles. The number of hydrogen-bond acceptors (Lipinski definition) is 3. The van der Waals surface area contributed by atoms with Crippen LogP contribution < -0.4 is 5.32 Å². The molecule has 0 bridgehead atoms. The average molecular weight is 305 g/mol. The molecule has 5 nitrogen and oxygen atoms in total. The smallest absolute Gasteiger partial charge is 0.326 e. The van der Waals surface area contributed by atoms with Gasteiger partial charge in [0.25, 0.3) is 5.91 Å². The minimum absolute atomic E-state index is 0.155. The highest BCUT2D eigenvalue weighted by Crippen LogP contribution is 2.12. The van der Waals surface area contributed by atoms with Crippen molar-refractivity contribution in [3.63, 3.8) is 0 Å². The van der Waals surface area contributed by atoms with E-state index in [1.807, 2.05) is 0 Å². The number of nitrogens with zero attached hydrogens (tertiary/aromatic N) is 1. The summed E-state index contributed by atoms with van der Waals surface area (Å²) in [6, 6.07) is 9.03. The predicted molar refractivity (Wildman–Crippen MR) is 78.3 cm³/mol. The molecule has 0 fully saturated rings. The van der Waals surface area contributed by atoms with Gasteiger partial charge in [0.2, 0.25) is 0 Å². The molecule has 6 heteroatoms. The lowest BCUT2D eigenvalue weighted by molar-refractivity contribution is -0.139. The largest absolute Gasteiger partial charge is 0.480 e. The van der Waals surface area contributed by atoms with Gasteiger partial charge in [0.1, 0.15) is 6.04 Å². The lowest BCUT2D eigenvalue weighted by Crippen LogP contribution is -2.42. The van der Waals surface area contributed by atoms with Gasteiger partial charge in [-0.1, -0.05) is 23.7 Å². The molecular weight excluding hydrogens is 292 g/mol. The number of aliphatic carboxylic acids is 1. The van der Waals surface area contributed by atoms with Crippen LogP contribution >= 0.6 is 11.6 Å². The molecule has 108 valence electrons. The standard InChI is InChI=1S/C15H13ClN2O3/c16-12-5-1-3-10(7-12)8-13(15(20)21)18-14(19)11-4-2-6-17-9-11/h1-7,9,13H,8H2,(H,18,19)(H,20,21)/t13-/m1/s1. The van der Waals surface area contributed by atoms with E-state index >= 15 is 0 Å². The second kappa shape index (κ2) is 6.85. The highest BCUT2D eigenvalue weighted by Gasteiger charge is 2.21. The van der Waals surface area contributed by atoms with Crippen LogP contribution in [0.3, 0.4) is 0 Å². The summed E-state index contributed by atoms with van der Waals surface area (Å²) < 4.78 is 0. The van der Waals surface area contributed by atoms with Crippen molar-refractivity contribution >= 4 is 23.5 Å². The maximum Gasteiger partial charge on any atom is 0.326 e. The summed E-state index contributed by atoms with van der Waals surface area (Å²) in [5.41, 5.74) is 1.05. The number of amides is 1. The van der Waals surface area contributed by atoms with Crippen LogP contribution in [0.1, 0.15) is 15.9 Å². The fourth-order valence-corrected chi connectivity index (χ4v) is 2.05. The van der Waals surface area contributed by atoms with Gasteiger partial charge in [-0.15, -0.1) is 0 Å². The number of carbonyl (C=O) groups excluding carboxylic acids is 1. The summed E-state index contributed by atoms with van der Waals surface area (Å²) in [6.07, 6.45) is 3.08. The van der Waals surface area contributed by atoms with Crippen LogP contribution in [0.15, 0.2) is 48.8 Å². The van der Waals surface area contributed by atoms with Gasteiger partial charge in [0.15, 0.2) is 0 Å². The van der Waals surface area contributed by atoms with Gasteiger partial charge in [0, 0.05) is 23.8 Å². The fraction of sp³-hybridized carbons (Fsp3) is 0.133. The van der Waals surface area contributed by atoms with Crippen molar-refractivity contribution in [2.75, 3.05) is 0 Å². The Labute approximate surface area is 126 Å². The van der Waals surface area contributed by atoms with Gasteiger partial charge >= 0.3 is 5.97 Å². The third-order valence-electron chi connectivity index (χ3n) is 2.86. The van der Waals surface area contributed by atoms with Crippen molar-refractivity contribution in [2.45, 2.75) is 12.5 Å². The first-order valence-corrected chi connectivity index (χ1v) is 6.62. The maximum absolute atomic E-state index is 12.0. The van der Waals surface area contributed by atoms with Gasteiger partial charge in [-0.25, -0.2) is 4.79 Å². The summed E-state index contributed by atoms with van der Waals surface area (Å²) in [5, 5.41) is 12.2. The van der Waals surface area contributed by atoms with Crippen molar-refractivity contribution in [1.82, 2.24) is 10.3 Å². The number of carboxylic acids is 1. The van der Waals surface area contributed by atoms with Crippen LogP contribution in [-0.4, -0.2) is 28.0 Å². The van der Waals surface area contributed by atoms with Crippen LogP contribution in [0.4, 0.5) is 0 Å². The Hall–Kier alpha value is -2.40. The van der Waals surface area contributed by atoms with Gasteiger partial charge < -0.3 is 10.4 Å². The van der Waals surface area contributed by atoms with E-state index in [-0.39, 0.29) is 6.42 Å². The molecule has 1 atom stereocenters. The molecule has 0 saturated carbocycles. The molecule has 2 rings (SSSR count). The Morgan fingerprint density at radius 2 is 2.10 bits per heavy atom. The van der Waals surface area contributed by atoms with Gasteiger partial charge in [-0.2, -0.15) is 0 Å². The molecule has 1 aromatic heterocycles. The highest BCUT2D eigenvalue weighted by atomic mass is 35.5. The van der Waals surface area contributed by atoms with Crippen LogP contribution in [0.5, 0.6) is 0 Å². The van der Waals surface area contributed by atoms with Crippen molar-refractivity contribution in [1.29, 1.82) is 0 Å². The Bertz CT molecular complexity index is 646. The molecule has 0 aliphatic rings. The molecule has 0 radical (unpaired) electrons. The predicted octanol–water partition coefficient (Wildman–Crippen LogP) is 2.16. The van der Waals surface area contributed by atoms with Crippen molar-refractivity contribution < 1.29 is 14.7 Å². The monoisotopic (exact) mass is 304 g/mol. The molecule has 0 spiro atoms. The van der Waals surface area contributed by atoms with Gasteiger partial charge in [-0.3, -0.25) is 9.78 Å². The lowest BCUT2D eigenvalue weighted by atomic mass is 10.1. The second-order valence-corrected chi connectivity index (χ2v) is 4.88. The van der Waals surface area contributed by atoms with Crippen molar-refractivity contribution in [3.8, 4) is 0 Å². The minimum Gasteiger partial charge on any atom is -0.480 e. The Balaban J connectivity index is 2.09. The van der Waals surface area contributed by atoms with Crippen LogP contribution in [0.25, 0.3) is 0 Å². The number of hydrogen-bond donors (Lipinski definition) is 2. The molecule has 0 aliphatic carbocycles. The second-order valence-electron chi connectivity index (χ2n) is 4.44. The summed E-state index contributed by atoms with van der Waals surface area (Å²) in [5.74, 6) is -1.58. The molecule has 21 heavy (non-hydrogen) atoms. The molecular formula is C15H13ClN2O3. The van der Waals surface area contributed by atoms with Gasteiger partial charge in [-0.05, 0) is 29.8 Å². The quantitative estimate of drug-likeness (QED) is 0.887. The number of pyridine rings is 1. The molecule has 0 aliphatic heterocycles. The van der Waals surface area contributed by atoms with E-state index in [1.54, 1.807) is 36.4 Å². The Morgan fingerprint density at radius 3 is 2.71 bits per heavy atom. The number of carboxylic acid groups (broad SMARTS) is 1. The van der Waals surface area contributed by atoms with Gasteiger partial charge in [0.05, 0.1) is 5.56 Å². The van der Waals surface area contributed by atoms with E-state index in [1.165, 1.54) is 12.4 Å². The average Bonchev–Trinajstić information content (AvgIpc) is 2.47. The minimum atomic E-state index is -1.10. The van der Waals surface area contributed by atoms with E-state index in [2.05, 4.69) is 10.3 Å². The first-order chi connectivity index (χ1) is 10.1. The van der Waals surface area contributed by atoms with E-state index in [0.717, 1.165) is 5.56 Å². The number of aromatic nitrogens is 1. The van der Waals surface area contributed by atoms with Crippen molar-refractivity contribution in [2.24, 2.45) is 0 Å². The third-order valence-corrected chi connectivity index (χ3v) is 3.09. The number of benzene rings is 1. The highest BCUT2D eigenvalue weighted by molar-refractivity contribution is 6.30. The Morgan fingerprint density at radius 1 is 1.29 bits per heavy atom. The van der Waals surface area contributed by atoms with Crippen molar-refractivity contribution in [3.05, 3.63) is 64.9 Å². The van der Waals surface area contributed by atoms with E-state index in [0.29, 0.717) is 10.6 Å². The zero-order chi connectivity index (χ0) is 15.2.